The maximum Gasteiger partial charge on any atom is 0.306 e. The third-order valence-electron chi connectivity index (χ3n) is 3.03. The van der Waals surface area contributed by atoms with Crippen molar-refractivity contribution < 1.29 is 9.53 Å². The van der Waals surface area contributed by atoms with E-state index in [0.717, 1.165) is 32.4 Å². The highest BCUT2D eigenvalue weighted by Crippen LogP contribution is 2.19. The number of ether oxygens (including phenoxy) is 1. The van der Waals surface area contributed by atoms with Crippen LogP contribution in [0.2, 0.25) is 0 Å². The van der Waals surface area contributed by atoms with E-state index >= 15 is 0 Å². The minimum Gasteiger partial charge on any atom is -0.466 e. The van der Waals surface area contributed by atoms with Gasteiger partial charge in [-0.3, -0.25) is 4.79 Å². The zero-order valence-electron chi connectivity index (χ0n) is 10.8. The molecule has 1 N–H and O–H groups in total. The Bertz CT molecular complexity index is 214. The summed E-state index contributed by atoms with van der Waals surface area (Å²) >= 11 is 0. The predicted molar refractivity (Wildman–Crippen MR) is 65.2 cm³/mol. The van der Waals surface area contributed by atoms with Gasteiger partial charge >= 0.3 is 5.97 Å². The number of esters is 1. The van der Waals surface area contributed by atoms with Gasteiger partial charge in [-0.15, -0.1) is 0 Å². The van der Waals surface area contributed by atoms with E-state index in [9.17, 15) is 4.79 Å². The van der Waals surface area contributed by atoms with Crippen molar-refractivity contribution in [3.8, 4) is 0 Å². The Morgan fingerprint density at radius 1 is 1.31 bits per heavy atom. The number of piperidine rings is 1. The second kappa shape index (κ2) is 6.24. The Labute approximate surface area is 98.9 Å². The van der Waals surface area contributed by atoms with Gasteiger partial charge in [-0.1, -0.05) is 20.8 Å². The number of carbonyl (C=O) groups excluding carboxylic acids is 1. The van der Waals surface area contributed by atoms with Crippen LogP contribution >= 0.6 is 0 Å². The summed E-state index contributed by atoms with van der Waals surface area (Å²) in [4.78, 5) is 11.6. The Hall–Kier alpha value is -0.570. The molecule has 1 rings (SSSR count). The number of rotatable bonds is 4. The summed E-state index contributed by atoms with van der Waals surface area (Å²) in [7, 11) is 0. The first-order chi connectivity index (χ1) is 7.47. The van der Waals surface area contributed by atoms with Gasteiger partial charge in [-0.25, -0.2) is 0 Å². The third-order valence-corrected chi connectivity index (χ3v) is 3.03. The number of hydrogen-bond acceptors (Lipinski definition) is 3. The molecule has 0 aromatic rings. The first kappa shape index (κ1) is 13.5. The third kappa shape index (κ3) is 6.11. The van der Waals surface area contributed by atoms with Crippen LogP contribution in [0.4, 0.5) is 0 Å². The van der Waals surface area contributed by atoms with Gasteiger partial charge in [0.1, 0.15) is 0 Å². The first-order valence-corrected chi connectivity index (χ1v) is 6.34. The van der Waals surface area contributed by atoms with Gasteiger partial charge in [0.2, 0.25) is 0 Å². The minimum atomic E-state index is -0.0175. The van der Waals surface area contributed by atoms with E-state index in [1.165, 1.54) is 0 Å². The van der Waals surface area contributed by atoms with Crippen molar-refractivity contribution in [2.45, 2.75) is 46.5 Å². The van der Waals surface area contributed by atoms with Gasteiger partial charge in [-0.2, -0.15) is 0 Å². The summed E-state index contributed by atoms with van der Waals surface area (Å²) in [6, 6.07) is 0. The SMILES string of the molecule is CC(C)(C)CCOC(=O)CC1CCNCC1. The molecule has 0 spiro atoms. The molecule has 16 heavy (non-hydrogen) atoms. The monoisotopic (exact) mass is 227 g/mol. The molecule has 3 nitrogen and oxygen atoms in total. The van der Waals surface area contributed by atoms with Crippen molar-refractivity contribution in [3.63, 3.8) is 0 Å². The van der Waals surface area contributed by atoms with Crippen LogP contribution in [-0.4, -0.2) is 25.7 Å². The molecule has 0 radical (unpaired) electrons. The summed E-state index contributed by atoms with van der Waals surface area (Å²) in [5.41, 5.74) is 0.245. The summed E-state index contributed by atoms with van der Waals surface area (Å²) in [5, 5.41) is 3.30. The standard InChI is InChI=1S/C13H25NO2/c1-13(2,3)6-9-16-12(15)10-11-4-7-14-8-5-11/h11,14H,4-10H2,1-3H3. The molecule has 3 heteroatoms. The second-order valence-corrected chi connectivity index (χ2v) is 5.93. The van der Waals surface area contributed by atoms with Gasteiger partial charge in [0.05, 0.1) is 6.61 Å². The Balaban J connectivity index is 2.10. The molecule has 0 aromatic heterocycles. The number of hydrogen-bond donors (Lipinski definition) is 1. The fraction of sp³-hybridized carbons (Fsp3) is 0.923. The van der Waals surface area contributed by atoms with Gasteiger partial charge in [0.15, 0.2) is 0 Å². The van der Waals surface area contributed by atoms with E-state index in [1.807, 2.05) is 0 Å². The first-order valence-electron chi connectivity index (χ1n) is 6.34. The van der Waals surface area contributed by atoms with Crippen LogP contribution < -0.4 is 5.32 Å². The highest BCUT2D eigenvalue weighted by molar-refractivity contribution is 5.69. The molecule has 0 unspecified atom stereocenters. The average molecular weight is 227 g/mol. The summed E-state index contributed by atoms with van der Waals surface area (Å²) in [6.07, 6.45) is 3.75. The average Bonchev–Trinajstić information content (AvgIpc) is 2.17. The largest absolute Gasteiger partial charge is 0.466 e. The van der Waals surface area contributed by atoms with Crippen molar-refractivity contribution >= 4 is 5.97 Å². The molecule has 0 saturated carbocycles. The lowest BCUT2D eigenvalue weighted by Gasteiger charge is -2.22. The van der Waals surface area contributed by atoms with Gasteiger partial charge in [0, 0.05) is 6.42 Å². The molecule has 0 amide bonds. The lowest BCUT2D eigenvalue weighted by atomic mass is 9.93. The molecule has 1 fully saturated rings. The van der Waals surface area contributed by atoms with Crippen molar-refractivity contribution in [1.82, 2.24) is 5.32 Å². The topological polar surface area (TPSA) is 38.3 Å². The predicted octanol–water partition coefficient (Wildman–Crippen LogP) is 2.36. The van der Waals surface area contributed by atoms with Crippen molar-refractivity contribution in [1.29, 1.82) is 0 Å². The number of carbonyl (C=O) groups is 1. The Morgan fingerprint density at radius 3 is 2.50 bits per heavy atom. The van der Waals surface area contributed by atoms with Crippen molar-refractivity contribution in [2.75, 3.05) is 19.7 Å². The molecule has 1 heterocycles. The zero-order valence-corrected chi connectivity index (χ0v) is 10.8. The lowest BCUT2D eigenvalue weighted by molar-refractivity contribution is -0.145. The quantitative estimate of drug-likeness (QED) is 0.749. The maximum absolute atomic E-state index is 11.6. The molecule has 0 atom stereocenters. The normalized spacial score (nSPS) is 18.4. The van der Waals surface area contributed by atoms with Crippen LogP contribution in [0.3, 0.4) is 0 Å². The number of nitrogens with one attached hydrogen (secondary N) is 1. The summed E-state index contributed by atoms with van der Waals surface area (Å²) < 4.78 is 5.26. The Morgan fingerprint density at radius 2 is 1.94 bits per heavy atom. The van der Waals surface area contributed by atoms with Crippen LogP contribution in [0.1, 0.15) is 46.5 Å². The lowest BCUT2D eigenvalue weighted by Crippen LogP contribution is -2.29. The fourth-order valence-electron chi connectivity index (χ4n) is 1.85. The molecular weight excluding hydrogens is 202 g/mol. The fourth-order valence-corrected chi connectivity index (χ4v) is 1.85. The second-order valence-electron chi connectivity index (χ2n) is 5.93. The molecule has 0 aliphatic carbocycles. The minimum absolute atomic E-state index is 0.0175. The van der Waals surface area contributed by atoms with Gasteiger partial charge < -0.3 is 10.1 Å². The molecule has 94 valence electrons. The molecule has 1 aliphatic rings. The molecule has 0 aromatic carbocycles. The van der Waals surface area contributed by atoms with E-state index < -0.39 is 0 Å². The van der Waals surface area contributed by atoms with Crippen LogP contribution in [0.25, 0.3) is 0 Å². The Kier molecular flexibility index (Phi) is 5.26. The van der Waals surface area contributed by atoms with Gasteiger partial charge in [0.25, 0.3) is 0 Å². The smallest absolute Gasteiger partial charge is 0.306 e. The summed E-state index contributed by atoms with van der Waals surface area (Å²) in [6.45, 7) is 9.13. The molecular formula is C13H25NO2. The van der Waals surface area contributed by atoms with Crippen LogP contribution in [0.15, 0.2) is 0 Å². The zero-order chi connectivity index (χ0) is 12.0. The highest BCUT2D eigenvalue weighted by atomic mass is 16.5. The molecule has 0 bridgehead atoms. The van der Waals surface area contributed by atoms with Gasteiger partial charge in [-0.05, 0) is 43.7 Å². The van der Waals surface area contributed by atoms with Crippen LogP contribution in [-0.2, 0) is 9.53 Å². The maximum atomic E-state index is 11.6. The van der Waals surface area contributed by atoms with E-state index in [4.69, 9.17) is 4.74 Å². The molecule has 1 aliphatic heterocycles. The van der Waals surface area contributed by atoms with E-state index in [-0.39, 0.29) is 11.4 Å². The highest BCUT2D eigenvalue weighted by Gasteiger charge is 2.18. The molecule has 1 saturated heterocycles. The van der Waals surface area contributed by atoms with Crippen LogP contribution in [0.5, 0.6) is 0 Å². The van der Waals surface area contributed by atoms with Crippen molar-refractivity contribution in [3.05, 3.63) is 0 Å². The van der Waals surface area contributed by atoms with Crippen LogP contribution in [0, 0.1) is 11.3 Å². The van der Waals surface area contributed by atoms with E-state index in [0.29, 0.717) is 18.9 Å². The van der Waals surface area contributed by atoms with E-state index in [2.05, 4.69) is 26.1 Å². The summed E-state index contributed by atoms with van der Waals surface area (Å²) in [5.74, 6) is 0.513. The van der Waals surface area contributed by atoms with Crippen molar-refractivity contribution in [2.24, 2.45) is 11.3 Å². The van der Waals surface area contributed by atoms with E-state index in [1.54, 1.807) is 0 Å².